The molecule has 1 saturated heterocycles. The molecule has 2 atom stereocenters. The first kappa shape index (κ1) is 11.5. The number of carbonyl (C=O) groups is 1. The number of carbonyl (C=O) groups excluding carboxylic acids is 1. The molecule has 0 saturated carbocycles. The molecular weight excluding hydrogens is 206 g/mol. The quantitative estimate of drug-likeness (QED) is 0.695. The van der Waals surface area contributed by atoms with Crippen molar-refractivity contribution in [2.24, 2.45) is 0 Å². The molecule has 0 bridgehead atoms. The molecule has 1 heterocycles. The summed E-state index contributed by atoms with van der Waals surface area (Å²) in [6.07, 6.45) is -0.857. The van der Waals surface area contributed by atoms with Gasteiger partial charge in [0.2, 0.25) is 0 Å². The summed E-state index contributed by atoms with van der Waals surface area (Å²) in [5.41, 5.74) is 0. The third-order valence-electron chi connectivity index (χ3n) is 2.69. The van der Waals surface area contributed by atoms with Crippen LogP contribution in [-0.4, -0.2) is 40.6 Å². The van der Waals surface area contributed by atoms with Crippen molar-refractivity contribution in [2.45, 2.75) is 44.6 Å². The summed E-state index contributed by atoms with van der Waals surface area (Å²) in [6.45, 7) is 5.71. The minimum atomic E-state index is -3.57. The third kappa shape index (κ3) is 1.17. The Bertz CT molecular complexity index is 358. The molecule has 0 aromatic carbocycles. The number of aliphatic hydroxyl groups excluding tert-OH is 1. The van der Waals surface area contributed by atoms with Crippen LogP contribution in [0.1, 0.15) is 27.7 Å². The molecule has 1 aliphatic heterocycles. The fourth-order valence-electron chi connectivity index (χ4n) is 1.29. The monoisotopic (exact) mass is 221 g/mol. The highest BCUT2D eigenvalue weighted by Gasteiger charge is 2.61. The fourth-order valence-corrected chi connectivity index (χ4v) is 3.03. The van der Waals surface area contributed by atoms with Gasteiger partial charge in [0.25, 0.3) is 15.9 Å². The molecule has 6 heteroatoms. The van der Waals surface area contributed by atoms with E-state index in [9.17, 15) is 18.3 Å². The van der Waals surface area contributed by atoms with Crippen molar-refractivity contribution < 1.29 is 18.3 Å². The third-order valence-corrected chi connectivity index (χ3v) is 5.17. The van der Waals surface area contributed by atoms with Gasteiger partial charge in [-0.1, -0.05) is 0 Å². The standard InChI is InChI=1S/C8H15NO4S/c1-5(6(2)10)9-7(11)8(3,4)14(9,12)13/h5-6,10H,1-4H3. The molecule has 5 nitrogen and oxygen atoms in total. The second kappa shape index (κ2) is 2.93. The van der Waals surface area contributed by atoms with E-state index in [-0.39, 0.29) is 0 Å². The molecule has 82 valence electrons. The zero-order chi connectivity index (χ0) is 11.3. The van der Waals surface area contributed by atoms with Gasteiger partial charge in [0.15, 0.2) is 4.75 Å². The highest BCUT2D eigenvalue weighted by atomic mass is 32.2. The predicted molar refractivity (Wildman–Crippen MR) is 51.0 cm³/mol. The average molecular weight is 221 g/mol. The van der Waals surface area contributed by atoms with Crippen LogP contribution in [0, 0.1) is 0 Å². The molecule has 1 amide bonds. The number of hydrogen-bond acceptors (Lipinski definition) is 4. The van der Waals surface area contributed by atoms with Crippen LogP contribution in [0.2, 0.25) is 0 Å². The smallest absolute Gasteiger partial charge is 0.259 e. The van der Waals surface area contributed by atoms with Crippen molar-refractivity contribution in [3.63, 3.8) is 0 Å². The molecule has 1 aliphatic rings. The van der Waals surface area contributed by atoms with E-state index in [1.165, 1.54) is 27.7 Å². The number of sulfonamides is 1. The van der Waals surface area contributed by atoms with Crippen LogP contribution < -0.4 is 0 Å². The minimum Gasteiger partial charge on any atom is -0.391 e. The lowest BCUT2D eigenvalue weighted by Gasteiger charge is -2.46. The Balaban J connectivity index is 3.03. The van der Waals surface area contributed by atoms with Gasteiger partial charge in [-0.2, -0.15) is 0 Å². The van der Waals surface area contributed by atoms with E-state index in [0.29, 0.717) is 0 Å². The van der Waals surface area contributed by atoms with Crippen LogP contribution in [0.3, 0.4) is 0 Å². The highest BCUT2D eigenvalue weighted by Crippen LogP contribution is 2.37. The lowest BCUT2D eigenvalue weighted by molar-refractivity contribution is -0.135. The maximum atomic E-state index is 11.6. The first-order valence-electron chi connectivity index (χ1n) is 4.40. The molecule has 0 spiro atoms. The number of rotatable bonds is 2. The van der Waals surface area contributed by atoms with Gasteiger partial charge in [-0.3, -0.25) is 4.79 Å². The molecule has 0 aromatic rings. The van der Waals surface area contributed by atoms with Gasteiger partial charge in [0.1, 0.15) is 0 Å². The average Bonchev–Trinajstić information content (AvgIpc) is 2.03. The second-order valence-electron chi connectivity index (χ2n) is 4.10. The molecule has 14 heavy (non-hydrogen) atoms. The van der Waals surface area contributed by atoms with Gasteiger partial charge in [0, 0.05) is 0 Å². The van der Waals surface area contributed by atoms with Crippen molar-refractivity contribution in [1.29, 1.82) is 0 Å². The molecule has 1 rings (SSSR count). The molecule has 0 aliphatic carbocycles. The largest absolute Gasteiger partial charge is 0.391 e. The summed E-state index contributed by atoms with van der Waals surface area (Å²) in [7, 11) is -3.57. The van der Waals surface area contributed by atoms with Crippen LogP contribution in [0.5, 0.6) is 0 Å². The van der Waals surface area contributed by atoms with Crippen molar-refractivity contribution in [2.75, 3.05) is 0 Å². The molecule has 0 radical (unpaired) electrons. The Labute approximate surface area is 83.8 Å². The molecule has 1 N–H and O–H groups in total. The maximum Gasteiger partial charge on any atom is 0.259 e. The summed E-state index contributed by atoms with van der Waals surface area (Å²) < 4.78 is 22.7. The Kier molecular flexibility index (Phi) is 2.40. The molecular formula is C8H15NO4S. The van der Waals surface area contributed by atoms with Gasteiger partial charge in [-0.25, -0.2) is 12.7 Å². The molecule has 2 unspecified atom stereocenters. The van der Waals surface area contributed by atoms with Crippen LogP contribution in [-0.2, 0) is 14.8 Å². The summed E-state index contributed by atoms with van der Waals surface area (Å²) in [5.74, 6) is -0.453. The van der Waals surface area contributed by atoms with E-state index in [4.69, 9.17) is 0 Å². The maximum absolute atomic E-state index is 11.6. The fraction of sp³-hybridized carbons (Fsp3) is 0.875. The first-order valence-corrected chi connectivity index (χ1v) is 5.84. The van der Waals surface area contributed by atoms with Gasteiger partial charge in [0.05, 0.1) is 12.1 Å². The summed E-state index contributed by atoms with van der Waals surface area (Å²) in [4.78, 5) is 11.5. The number of hydrogen-bond donors (Lipinski definition) is 1. The number of aliphatic hydroxyl groups is 1. The van der Waals surface area contributed by atoms with E-state index in [2.05, 4.69) is 0 Å². The Morgan fingerprint density at radius 3 is 2.07 bits per heavy atom. The Morgan fingerprint density at radius 2 is 1.79 bits per heavy atom. The van der Waals surface area contributed by atoms with Crippen molar-refractivity contribution in [3.8, 4) is 0 Å². The van der Waals surface area contributed by atoms with Gasteiger partial charge in [-0.15, -0.1) is 0 Å². The molecule has 0 aromatic heterocycles. The van der Waals surface area contributed by atoms with E-state index in [0.717, 1.165) is 4.31 Å². The number of amides is 1. The van der Waals surface area contributed by atoms with E-state index in [1.54, 1.807) is 0 Å². The van der Waals surface area contributed by atoms with Gasteiger partial charge < -0.3 is 5.11 Å². The highest BCUT2D eigenvalue weighted by molar-refractivity contribution is 7.94. The summed E-state index contributed by atoms with van der Waals surface area (Å²) in [5, 5.41) is 9.22. The van der Waals surface area contributed by atoms with Crippen LogP contribution in [0.4, 0.5) is 0 Å². The lowest BCUT2D eigenvalue weighted by atomic mass is 10.1. The Morgan fingerprint density at radius 1 is 1.36 bits per heavy atom. The van der Waals surface area contributed by atoms with E-state index in [1.807, 2.05) is 0 Å². The second-order valence-corrected chi connectivity index (χ2v) is 6.46. The normalized spacial score (nSPS) is 28.1. The van der Waals surface area contributed by atoms with Gasteiger partial charge in [-0.05, 0) is 27.7 Å². The van der Waals surface area contributed by atoms with E-state index < -0.39 is 32.8 Å². The van der Waals surface area contributed by atoms with Crippen molar-refractivity contribution in [1.82, 2.24) is 4.31 Å². The number of nitrogens with zero attached hydrogens (tertiary/aromatic N) is 1. The summed E-state index contributed by atoms with van der Waals surface area (Å²) >= 11 is 0. The zero-order valence-corrected chi connectivity index (χ0v) is 9.50. The lowest BCUT2D eigenvalue weighted by Crippen LogP contribution is -2.70. The van der Waals surface area contributed by atoms with Crippen molar-refractivity contribution >= 4 is 15.9 Å². The Hall–Kier alpha value is -0.620. The van der Waals surface area contributed by atoms with Crippen LogP contribution in [0.15, 0.2) is 0 Å². The van der Waals surface area contributed by atoms with Crippen molar-refractivity contribution in [3.05, 3.63) is 0 Å². The van der Waals surface area contributed by atoms with Gasteiger partial charge >= 0.3 is 0 Å². The first-order chi connectivity index (χ1) is 6.14. The SMILES string of the molecule is CC(O)C(C)N1C(=O)C(C)(C)S1(=O)=O. The predicted octanol–water partition coefficient (Wildman–Crippen LogP) is -0.294. The summed E-state index contributed by atoms with van der Waals surface area (Å²) in [6, 6.07) is -0.694. The van der Waals surface area contributed by atoms with E-state index >= 15 is 0 Å². The minimum absolute atomic E-state index is 0.453. The molecule has 1 fully saturated rings. The van der Waals surface area contributed by atoms with Crippen LogP contribution in [0.25, 0.3) is 0 Å². The zero-order valence-electron chi connectivity index (χ0n) is 8.68. The topological polar surface area (TPSA) is 74.7 Å². The van der Waals surface area contributed by atoms with Crippen LogP contribution >= 0.6 is 0 Å².